The molecule has 0 saturated carbocycles. The number of amides is 2. The Morgan fingerprint density at radius 1 is 1.00 bits per heavy atom. The van der Waals surface area contributed by atoms with Crippen molar-refractivity contribution in [1.82, 2.24) is 9.80 Å². The standard InChI is InChI=1S/C11H20N2O3/c1-9-7-15-5-3-12(9)11(14)13-4-6-16-8-10(13)2/h9-10H,3-8H2,1-2H3/t9-,10-/m0/s1. The molecular formula is C11H20N2O3. The maximum absolute atomic E-state index is 12.3. The van der Waals surface area contributed by atoms with Crippen molar-refractivity contribution < 1.29 is 14.3 Å². The molecule has 0 radical (unpaired) electrons. The minimum absolute atomic E-state index is 0.131. The number of ether oxygens (including phenoxy) is 2. The lowest BCUT2D eigenvalue weighted by Gasteiger charge is -2.41. The monoisotopic (exact) mass is 228 g/mol. The number of carbonyl (C=O) groups is 1. The van der Waals surface area contributed by atoms with Gasteiger partial charge >= 0.3 is 6.03 Å². The van der Waals surface area contributed by atoms with Crippen LogP contribution in [-0.4, -0.2) is 67.4 Å². The molecule has 2 aliphatic heterocycles. The second-order valence-corrected chi connectivity index (χ2v) is 4.52. The van der Waals surface area contributed by atoms with Gasteiger partial charge in [-0.05, 0) is 13.8 Å². The van der Waals surface area contributed by atoms with E-state index in [1.54, 1.807) is 0 Å². The van der Waals surface area contributed by atoms with Crippen molar-refractivity contribution in [2.45, 2.75) is 25.9 Å². The summed E-state index contributed by atoms with van der Waals surface area (Å²) >= 11 is 0. The van der Waals surface area contributed by atoms with Gasteiger partial charge in [-0.3, -0.25) is 0 Å². The Balaban J connectivity index is 1.99. The first-order valence-electron chi connectivity index (χ1n) is 5.93. The Labute approximate surface area is 96.3 Å². The number of rotatable bonds is 0. The summed E-state index contributed by atoms with van der Waals surface area (Å²) in [5.41, 5.74) is 0. The molecule has 2 fully saturated rings. The van der Waals surface area contributed by atoms with E-state index < -0.39 is 0 Å². The lowest BCUT2D eigenvalue weighted by molar-refractivity contribution is -0.0180. The fraction of sp³-hybridized carbons (Fsp3) is 0.909. The van der Waals surface area contributed by atoms with Crippen LogP contribution in [0.2, 0.25) is 0 Å². The summed E-state index contributed by atoms with van der Waals surface area (Å²) < 4.78 is 10.7. The van der Waals surface area contributed by atoms with Crippen LogP contribution in [0, 0.1) is 0 Å². The summed E-state index contributed by atoms with van der Waals surface area (Å²) in [6.45, 7) is 8.04. The van der Waals surface area contributed by atoms with Crippen molar-refractivity contribution in [3.63, 3.8) is 0 Å². The Hall–Kier alpha value is -0.810. The van der Waals surface area contributed by atoms with Crippen LogP contribution in [0.1, 0.15) is 13.8 Å². The van der Waals surface area contributed by atoms with Crippen molar-refractivity contribution in [3.05, 3.63) is 0 Å². The first-order chi connectivity index (χ1) is 7.70. The molecule has 0 aromatic rings. The zero-order valence-electron chi connectivity index (χ0n) is 10.0. The fourth-order valence-electron chi connectivity index (χ4n) is 2.19. The predicted octanol–water partition coefficient (Wildman–Crippen LogP) is 0.548. The van der Waals surface area contributed by atoms with Gasteiger partial charge in [-0.25, -0.2) is 4.79 Å². The molecule has 2 rings (SSSR count). The van der Waals surface area contributed by atoms with E-state index >= 15 is 0 Å². The Kier molecular flexibility index (Phi) is 3.66. The molecule has 0 unspecified atom stereocenters. The lowest BCUT2D eigenvalue weighted by Crippen LogP contribution is -2.57. The van der Waals surface area contributed by atoms with E-state index in [2.05, 4.69) is 0 Å². The molecule has 5 nitrogen and oxygen atoms in total. The number of nitrogens with zero attached hydrogens (tertiary/aromatic N) is 2. The first-order valence-corrected chi connectivity index (χ1v) is 5.93. The van der Waals surface area contributed by atoms with Crippen LogP contribution in [0.5, 0.6) is 0 Å². The molecule has 0 aromatic heterocycles. The molecule has 0 bridgehead atoms. The highest BCUT2D eigenvalue weighted by Crippen LogP contribution is 2.14. The number of morpholine rings is 2. The molecule has 2 heterocycles. The maximum Gasteiger partial charge on any atom is 0.320 e. The van der Waals surface area contributed by atoms with E-state index in [9.17, 15) is 4.79 Å². The normalized spacial score (nSPS) is 31.6. The summed E-state index contributed by atoms with van der Waals surface area (Å²) in [5, 5.41) is 0. The van der Waals surface area contributed by atoms with E-state index in [1.807, 2.05) is 23.6 Å². The molecule has 2 amide bonds. The largest absolute Gasteiger partial charge is 0.377 e. The van der Waals surface area contributed by atoms with Crippen molar-refractivity contribution in [2.75, 3.05) is 39.5 Å². The third-order valence-corrected chi connectivity index (χ3v) is 3.23. The molecule has 5 heteroatoms. The van der Waals surface area contributed by atoms with E-state index in [-0.39, 0.29) is 18.1 Å². The molecule has 0 aliphatic carbocycles. The Morgan fingerprint density at radius 3 is 1.81 bits per heavy atom. The highest BCUT2D eigenvalue weighted by atomic mass is 16.5. The number of urea groups is 1. The smallest absolute Gasteiger partial charge is 0.320 e. The molecule has 0 aromatic carbocycles. The fourth-order valence-corrected chi connectivity index (χ4v) is 2.19. The Morgan fingerprint density at radius 2 is 1.44 bits per heavy atom. The third kappa shape index (κ3) is 2.30. The number of carbonyl (C=O) groups excluding carboxylic acids is 1. The minimum Gasteiger partial charge on any atom is -0.377 e. The molecular weight excluding hydrogens is 208 g/mol. The van der Waals surface area contributed by atoms with Crippen LogP contribution in [0.4, 0.5) is 4.79 Å². The van der Waals surface area contributed by atoms with Gasteiger partial charge in [-0.1, -0.05) is 0 Å². The van der Waals surface area contributed by atoms with Crippen molar-refractivity contribution in [3.8, 4) is 0 Å². The van der Waals surface area contributed by atoms with Gasteiger partial charge in [0.05, 0.1) is 38.5 Å². The summed E-state index contributed by atoms with van der Waals surface area (Å²) in [5.74, 6) is 0. The van der Waals surface area contributed by atoms with Gasteiger partial charge in [0, 0.05) is 13.1 Å². The van der Waals surface area contributed by atoms with Crippen LogP contribution in [-0.2, 0) is 9.47 Å². The van der Waals surface area contributed by atoms with E-state index in [0.29, 0.717) is 39.5 Å². The first kappa shape index (κ1) is 11.7. The average molecular weight is 228 g/mol. The number of hydrogen-bond acceptors (Lipinski definition) is 3. The number of hydrogen-bond donors (Lipinski definition) is 0. The lowest BCUT2D eigenvalue weighted by atomic mass is 10.2. The van der Waals surface area contributed by atoms with E-state index in [0.717, 1.165) is 0 Å². The van der Waals surface area contributed by atoms with Gasteiger partial charge in [0.25, 0.3) is 0 Å². The molecule has 0 N–H and O–H groups in total. The summed E-state index contributed by atoms with van der Waals surface area (Å²) in [7, 11) is 0. The minimum atomic E-state index is 0.131. The summed E-state index contributed by atoms with van der Waals surface area (Å²) in [4.78, 5) is 16.1. The molecule has 0 spiro atoms. The molecule has 2 atom stereocenters. The zero-order valence-corrected chi connectivity index (χ0v) is 10.0. The molecule has 2 aliphatic rings. The third-order valence-electron chi connectivity index (χ3n) is 3.23. The van der Waals surface area contributed by atoms with Gasteiger partial charge in [0.1, 0.15) is 0 Å². The predicted molar refractivity (Wildman–Crippen MR) is 59.4 cm³/mol. The van der Waals surface area contributed by atoms with Crippen molar-refractivity contribution >= 4 is 6.03 Å². The molecule has 92 valence electrons. The molecule has 16 heavy (non-hydrogen) atoms. The second kappa shape index (κ2) is 5.01. The van der Waals surface area contributed by atoms with Crippen LogP contribution in [0.3, 0.4) is 0 Å². The van der Waals surface area contributed by atoms with Gasteiger partial charge in [0.15, 0.2) is 0 Å². The van der Waals surface area contributed by atoms with Gasteiger partial charge in [0.2, 0.25) is 0 Å². The van der Waals surface area contributed by atoms with Gasteiger partial charge in [-0.15, -0.1) is 0 Å². The highest BCUT2D eigenvalue weighted by Gasteiger charge is 2.31. The quantitative estimate of drug-likeness (QED) is 0.608. The highest BCUT2D eigenvalue weighted by molar-refractivity contribution is 5.75. The van der Waals surface area contributed by atoms with E-state index in [1.165, 1.54) is 0 Å². The second-order valence-electron chi connectivity index (χ2n) is 4.52. The van der Waals surface area contributed by atoms with Gasteiger partial charge in [-0.2, -0.15) is 0 Å². The zero-order chi connectivity index (χ0) is 11.5. The SMILES string of the molecule is C[C@H]1COCCN1C(=O)N1CCOC[C@@H]1C. The van der Waals surface area contributed by atoms with Crippen LogP contribution < -0.4 is 0 Å². The molecule has 2 saturated heterocycles. The average Bonchev–Trinajstić information content (AvgIpc) is 2.29. The Bertz CT molecular complexity index is 236. The summed E-state index contributed by atoms with van der Waals surface area (Å²) in [6.07, 6.45) is 0. The van der Waals surface area contributed by atoms with Crippen molar-refractivity contribution in [2.24, 2.45) is 0 Å². The summed E-state index contributed by atoms with van der Waals surface area (Å²) in [6, 6.07) is 0.485. The van der Waals surface area contributed by atoms with Crippen LogP contribution in [0.25, 0.3) is 0 Å². The van der Waals surface area contributed by atoms with Crippen LogP contribution in [0.15, 0.2) is 0 Å². The van der Waals surface area contributed by atoms with E-state index in [4.69, 9.17) is 9.47 Å². The van der Waals surface area contributed by atoms with Crippen molar-refractivity contribution in [1.29, 1.82) is 0 Å². The maximum atomic E-state index is 12.3. The van der Waals surface area contributed by atoms with Gasteiger partial charge < -0.3 is 19.3 Å². The topological polar surface area (TPSA) is 42.0 Å². The van der Waals surface area contributed by atoms with Crippen LogP contribution >= 0.6 is 0 Å².